The number of hydrogen-bond acceptors (Lipinski definition) is 5. The van der Waals surface area contributed by atoms with E-state index in [-0.39, 0.29) is 23.8 Å². The molecule has 2 fully saturated rings. The molecule has 2 aliphatic rings. The number of carbonyl (C=O) groups is 2. The van der Waals surface area contributed by atoms with Gasteiger partial charge in [-0.15, -0.1) is 0 Å². The van der Waals surface area contributed by atoms with E-state index in [2.05, 4.69) is 5.32 Å². The van der Waals surface area contributed by atoms with Crippen LogP contribution in [0.15, 0.2) is 0 Å². The van der Waals surface area contributed by atoms with Crippen molar-refractivity contribution in [2.24, 2.45) is 5.92 Å². The second-order valence-electron chi connectivity index (χ2n) is 5.36. The number of rotatable bonds is 4. The van der Waals surface area contributed by atoms with Gasteiger partial charge in [0.1, 0.15) is 0 Å². The number of hydrogen-bond donors (Lipinski definition) is 1. The monoisotopic (exact) mass is 300 g/mol. The van der Waals surface area contributed by atoms with Crippen molar-refractivity contribution in [3.05, 3.63) is 0 Å². The molecule has 20 heavy (non-hydrogen) atoms. The number of carbonyl (C=O) groups excluding carboxylic acids is 2. The molecular formula is C14H24N2O3S. The van der Waals surface area contributed by atoms with Crippen molar-refractivity contribution in [2.45, 2.75) is 32.2 Å². The lowest BCUT2D eigenvalue weighted by Crippen LogP contribution is -2.46. The Labute approximate surface area is 124 Å². The Hall–Kier alpha value is -0.750. The minimum absolute atomic E-state index is 0.138. The average Bonchev–Trinajstić information content (AvgIpc) is 2.48. The van der Waals surface area contributed by atoms with Gasteiger partial charge in [-0.25, -0.2) is 0 Å². The van der Waals surface area contributed by atoms with Gasteiger partial charge in [-0.2, -0.15) is 11.8 Å². The summed E-state index contributed by atoms with van der Waals surface area (Å²) in [6, 6.07) is 0.282. The van der Waals surface area contributed by atoms with Crippen molar-refractivity contribution < 1.29 is 14.3 Å². The maximum atomic E-state index is 12.3. The van der Waals surface area contributed by atoms with E-state index >= 15 is 0 Å². The number of ether oxygens (including phenoxy) is 1. The second kappa shape index (κ2) is 7.88. The highest BCUT2D eigenvalue weighted by atomic mass is 32.2. The molecule has 2 unspecified atom stereocenters. The van der Waals surface area contributed by atoms with Gasteiger partial charge in [-0.1, -0.05) is 0 Å². The third-order valence-electron chi connectivity index (χ3n) is 3.81. The minimum atomic E-state index is -0.156. The molecule has 2 rings (SSSR count). The zero-order chi connectivity index (χ0) is 14.4. The molecule has 2 atom stereocenters. The van der Waals surface area contributed by atoms with Crippen molar-refractivity contribution in [3.63, 3.8) is 0 Å². The summed E-state index contributed by atoms with van der Waals surface area (Å²) in [5, 5.41) is 3.38. The fourth-order valence-corrected chi connectivity index (χ4v) is 3.70. The molecule has 2 saturated heterocycles. The Balaban J connectivity index is 1.81. The van der Waals surface area contributed by atoms with Crippen LogP contribution in [-0.2, 0) is 14.3 Å². The summed E-state index contributed by atoms with van der Waals surface area (Å²) in [6.07, 6.45) is 2.27. The van der Waals surface area contributed by atoms with Gasteiger partial charge in [0.05, 0.1) is 12.5 Å². The van der Waals surface area contributed by atoms with Gasteiger partial charge >= 0.3 is 5.97 Å². The van der Waals surface area contributed by atoms with Gasteiger partial charge in [0.15, 0.2) is 0 Å². The molecule has 2 heterocycles. The van der Waals surface area contributed by atoms with E-state index in [1.54, 1.807) is 0 Å². The highest BCUT2D eigenvalue weighted by molar-refractivity contribution is 7.99. The molecule has 5 nitrogen and oxygen atoms in total. The van der Waals surface area contributed by atoms with E-state index in [9.17, 15) is 9.59 Å². The lowest BCUT2D eigenvalue weighted by molar-refractivity contribution is -0.151. The van der Waals surface area contributed by atoms with Crippen LogP contribution in [0.25, 0.3) is 0 Å². The third kappa shape index (κ3) is 4.38. The number of piperidine rings is 1. The zero-order valence-electron chi connectivity index (χ0n) is 12.1. The van der Waals surface area contributed by atoms with Gasteiger partial charge in [-0.05, 0) is 19.8 Å². The van der Waals surface area contributed by atoms with Crippen molar-refractivity contribution in [3.8, 4) is 0 Å². The lowest BCUT2D eigenvalue weighted by Gasteiger charge is -2.33. The molecule has 114 valence electrons. The Morgan fingerprint density at radius 3 is 3.00 bits per heavy atom. The zero-order valence-corrected chi connectivity index (χ0v) is 12.9. The molecule has 0 aromatic carbocycles. The van der Waals surface area contributed by atoms with Crippen LogP contribution in [0.4, 0.5) is 0 Å². The molecule has 0 bridgehead atoms. The molecule has 0 aromatic rings. The smallest absolute Gasteiger partial charge is 0.310 e. The quantitative estimate of drug-likeness (QED) is 0.781. The van der Waals surface area contributed by atoms with Crippen molar-refractivity contribution in [1.29, 1.82) is 0 Å². The predicted octanol–water partition coefficient (Wildman–Crippen LogP) is 0.883. The number of thioether (sulfide) groups is 1. The number of nitrogens with zero attached hydrogens (tertiary/aromatic N) is 1. The summed E-state index contributed by atoms with van der Waals surface area (Å²) in [4.78, 5) is 25.9. The molecular weight excluding hydrogens is 276 g/mol. The summed E-state index contributed by atoms with van der Waals surface area (Å²) in [6.45, 7) is 4.50. The number of likely N-dealkylation sites (tertiary alicyclic amines) is 1. The molecule has 0 radical (unpaired) electrons. The topological polar surface area (TPSA) is 58.6 Å². The fourth-order valence-electron chi connectivity index (χ4n) is 2.75. The normalized spacial score (nSPS) is 27.1. The predicted molar refractivity (Wildman–Crippen MR) is 79.7 cm³/mol. The molecule has 0 aromatic heterocycles. The summed E-state index contributed by atoms with van der Waals surface area (Å²) in [7, 11) is 0. The Bertz CT molecular complexity index is 345. The maximum Gasteiger partial charge on any atom is 0.310 e. The van der Waals surface area contributed by atoms with Crippen molar-refractivity contribution >= 4 is 23.6 Å². The van der Waals surface area contributed by atoms with Crippen LogP contribution in [0.3, 0.4) is 0 Å². The van der Waals surface area contributed by atoms with Crippen LogP contribution in [0.5, 0.6) is 0 Å². The van der Waals surface area contributed by atoms with Gasteiger partial charge < -0.3 is 15.0 Å². The highest BCUT2D eigenvalue weighted by Gasteiger charge is 2.30. The fraction of sp³-hybridized carbons (Fsp3) is 0.857. The number of nitrogens with one attached hydrogen (secondary N) is 1. The van der Waals surface area contributed by atoms with E-state index in [0.717, 1.165) is 37.4 Å². The number of esters is 1. The summed E-state index contributed by atoms with van der Waals surface area (Å²) < 4.78 is 5.07. The number of amides is 1. The van der Waals surface area contributed by atoms with Gasteiger partial charge in [0, 0.05) is 43.6 Å². The van der Waals surface area contributed by atoms with E-state index in [0.29, 0.717) is 19.6 Å². The van der Waals surface area contributed by atoms with E-state index in [4.69, 9.17) is 4.74 Å². The van der Waals surface area contributed by atoms with Gasteiger partial charge in [0.2, 0.25) is 5.91 Å². The van der Waals surface area contributed by atoms with Crippen LogP contribution in [-0.4, -0.2) is 60.6 Å². The first-order chi connectivity index (χ1) is 9.70. The Kier molecular flexibility index (Phi) is 6.16. The third-order valence-corrected chi connectivity index (χ3v) is 4.94. The first-order valence-corrected chi connectivity index (χ1v) is 8.61. The highest BCUT2D eigenvalue weighted by Crippen LogP contribution is 2.20. The first kappa shape index (κ1) is 15.6. The van der Waals surface area contributed by atoms with E-state index < -0.39 is 0 Å². The minimum Gasteiger partial charge on any atom is -0.466 e. The Morgan fingerprint density at radius 2 is 2.30 bits per heavy atom. The Morgan fingerprint density at radius 1 is 1.45 bits per heavy atom. The van der Waals surface area contributed by atoms with Crippen molar-refractivity contribution in [2.75, 3.05) is 37.7 Å². The molecule has 0 aliphatic carbocycles. The van der Waals surface area contributed by atoms with Gasteiger partial charge in [-0.3, -0.25) is 9.59 Å². The van der Waals surface area contributed by atoms with Crippen molar-refractivity contribution in [1.82, 2.24) is 10.2 Å². The average molecular weight is 300 g/mol. The van der Waals surface area contributed by atoms with Gasteiger partial charge in [0.25, 0.3) is 0 Å². The largest absolute Gasteiger partial charge is 0.466 e. The van der Waals surface area contributed by atoms with Crippen LogP contribution < -0.4 is 5.32 Å². The van der Waals surface area contributed by atoms with Crippen LogP contribution in [0.1, 0.15) is 26.2 Å². The van der Waals surface area contributed by atoms with Crippen LogP contribution >= 0.6 is 11.8 Å². The summed E-state index contributed by atoms with van der Waals surface area (Å²) in [5.41, 5.74) is 0. The second-order valence-corrected chi connectivity index (χ2v) is 6.51. The van der Waals surface area contributed by atoms with E-state index in [1.165, 1.54) is 0 Å². The molecule has 0 saturated carbocycles. The summed E-state index contributed by atoms with van der Waals surface area (Å²) in [5.74, 6) is 2.00. The molecule has 2 aliphatic heterocycles. The summed E-state index contributed by atoms with van der Waals surface area (Å²) >= 11 is 1.90. The van der Waals surface area contributed by atoms with Crippen LogP contribution in [0, 0.1) is 5.92 Å². The SMILES string of the molecule is CCOC(=O)C1CCCN(C(=O)CC2CSCCN2)C1. The molecule has 1 amide bonds. The maximum absolute atomic E-state index is 12.3. The lowest BCUT2D eigenvalue weighted by atomic mass is 9.97. The van der Waals surface area contributed by atoms with Crippen LogP contribution in [0.2, 0.25) is 0 Å². The standard InChI is InChI=1S/C14H24N2O3S/c1-2-19-14(18)11-4-3-6-16(9-11)13(17)8-12-10-20-7-5-15-12/h11-12,15H,2-10H2,1H3. The first-order valence-electron chi connectivity index (χ1n) is 7.46. The molecule has 6 heteroatoms. The van der Waals surface area contributed by atoms with E-state index in [1.807, 2.05) is 23.6 Å². The molecule has 0 spiro atoms. The molecule has 1 N–H and O–H groups in total.